The molecule has 2 aromatic rings. The summed E-state index contributed by atoms with van der Waals surface area (Å²) >= 11 is 0. The van der Waals surface area contributed by atoms with Crippen LogP contribution < -0.4 is 10.2 Å². The normalized spacial score (nSPS) is 10.5. The predicted molar refractivity (Wildman–Crippen MR) is 116 cm³/mol. The van der Waals surface area contributed by atoms with E-state index < -0.39 is 0 Å². The van der Waals surface area contributed by atoms with Crippen LogP contribution in [0.3, 0.4) is 0 Å². The highest BCUT2D eigenvalue weighted by Gasteiger charge is 2.09. The number of hydrogen-bond acceptors (Lipinski definition) is 2. The first-order valence-corrected chi connectivity index (χ1v) is 10.1. The van der Waals surface area contributed by atoms with Crippen LogP contribution in [-0.4, -0.2) is 18.9 Å². The Morgan fingerprint density at radius 3 is 2.04 bits per heavy atom. The molecule has 0 aromatic heterocycles. The molecule has 0 aliphatic rings. The van der Waals surface area contributed by atoms with Crippen LogP contribution in [0, 0.1) is 6.92 Å². The van der Waals surface area contributed by atoms with Gasteiger partial charge >= 0.3 is 0 Å². The van der Waals surface area contributed by atoms with Crippen molar-refractivity contribution < 1.29 is 9.59 Å². The summed E-state index contributed by atoms with van der Waals surface area (Å²) in [6.45, 7) is 3.83. The van der Waals surface area contributed by atoms with Crippen LogP contribution in [0.15, 0.2) is 54.6 Å². The highest BCUT2D eigenvalue weighted by Crippen LogP contribution is 2.15. The summed E-state index contributed by atoms with van der Waals surface area (Å²) in [6, 6.07) is 17.2. The predicted octanol–water partition coefficient (Wildman–Crippen LogP) is 5.59. The molecule has 149 valence electrons. The summed E-state index contributed by atoms with van der Waals surface area (Å²) in [7, 11) is 1.83. The van der Waals surface area contributed by atoms with Crippen LogP contribution in [-0.2, 0) is 9.59 Å². The molecule has 0 aliphatic heterocycles. The molecule has 4 nitrogen and oxygen atoms in total. The van der Waals surface area contributed by atoms with Gasteiger partial charge in [-0.15, -0.1) is 0 Å². The number of amides is 2. The van der Waals surface area contributed by atoms with E-state index in [1.54, 1.807) is 4.90 Å². The molecule has 4 heteroatoms. The molecule has 0 aliphatic carbocycles. The average molecular weight is 380 g/mol. The molecular formula is C24H31N2O2. The van der Waals surface area contributed by atoms with E-state index in [9.17, 15) is 9.59 Å². The lowest BCUT2D eigenvalue weighted by Gasteiger charge is -2.17. The van der Waals surface area contributed by atoms with E-state index in [0.717, 1.165) is 55.5 Å². The molecule has 0 fully saturated rings. The first-order chi connectivity index (χ1) is 13.6. The third-order valence-electron chi connectivity index (χ3n) is 4.80. The molecule has 0 saturated carbocycles. The summed E-state index contributed by atoms with van der Waals surface area (Å²) in [5.74, 6) is 0.223. The van der Waals surface area contributed by atoms with Gasteiger partial charge in [-0.3, -0.25) is 9.59 Å². The first-order valence-electron chi connectivity index (χ1n) is 10.1. The van der Waals surface area contributed by atoms with E-state index in [4.69, 9.17) is 0 Å². The topological polar surface area (TPSA) is 49.4 Å². The third kappa shape index (κ3) is 7.95. The van der Waals surface area contributed by atoms with E-state index in [-0.39, 0.29) is 11.8 Å². The molecule has 0 spiro atoms. The van der Waals surface area contributed by atoms with Crippen LogP contribution >= 0.6 is 0 Å². The Morgan fingerprint density at radius 2 is 1.39 bits per heavy atom. The average Bonchev–Trinajstić information content (AvgIpc) is 2.71. The molecule has 0 heterocycles. The van der Waals surface area contributed by atoms with Crippen molar-refractivity contribution in [3.05, 3.63) is 67.1 Å². The SMILES string of the molecule is [CH2]c1ccc(NC(=O)CCCCCCCCC(=O)N(C)c2ccccc2)cc1. The number of para-hydroxylation sites is 1. The first kappa shape index (κ1) is 21.7. The summed E-state index contributed by atoms with van der Waals surface area (Å²) in [6.07, 6.45) is 7.25. The molecule has 0 bridgehead atoms. The number of rotatable bonds is 11. The molecule has 0 unspecified atom stereocenters. The number of hydrogen-bond donors (Lipinski definition) is 1. The fraction of sp³-hybridized carbons (Fsp3) is 0.375. The van der Waals surface area contributed by atoms with Crippen molar-refractivity contribution in [1.82, 2.24) is 0 Å². The highest BCUT2D eigenvalue weighted by molar-refractivity contribution is 5.92. The van der Waals surface area contributed by atoms with Crippen LogP contribution in [0.2, 0.25) is 0 Å². The zero-order chi connectivity index (χ0) is 20.2. The van der Waals surface area contributed by atoms with Crippen molar-refractivity contribution in [2.45, 2.75) is 51.4 Å². The monoisotopic (exact) mass is 379 g/mol. The van der Waals surface area contributed by atoms with E-state index in [2.05, 4.69) is 12.2 Å². The molecule has 2 amide bonds. The number of carbonyl (C=O) groups excluding carboxylic acids is 2. The van der Waals surface area contributed by atoms with Gasteiger partial charge in [0.25, 0.3) is 0 Å². The molecule has 2 aromatic carbocycles. The Balaban J connectivity index is 1.48. The summed E-state index contributed by atoms with van der Waals surface area (Å²) in [4.78, 5) is 25.8. The fourth-order valence-electron chi connectivity index (χ4n) is 3.04. The highest BCUT2D eigenvalue weighted by atomic mass is 16.2. The molecule has 1 radical (unpaired) electrons. The smallest absolute Gasteiger partial charge is 0.226 e. The second-order valence-corrected chi connectivity index (χ2v) is 7.15. The quantitative estimate of drug-likeness (QED) is 0.517. The van der Waals surface area contributed by atoms with Gasteiger partial charge in [-0.1, -0.05) is 56.0 Å². The Bertz CT molecular complexity index is 726. The maximum Gasteiger partial charge on any atom is 0.226 e. The van der Waals surface area contributed by atoms with Crippen molar-refractivity contribution in [1.29, 1.82) is 0 Å². The zero-order valence-corrected chi connectivity index (χ0v) is 16.8. The number of nitrogens with one attached hydrogen (secondary N) is 1. The standard InChI is InChI=1S/C24H31N2O2/c1-20-16-18-21(19-17-20)25-23(27)14-10-5-3-4-6-11-15-24(28)26(2)22-12-8-7-9-13-22/h7-9,12-13,16-19H,1,3-6,10-11,14-15H2,2H3,(H,25,27). The minimum atomic E-state index is 0.0614. The summed E-state index contributed by atoms with van der Waals surface area (Å²) in [5, 5.41) is 2.91. The van der Waals surface area contributed by atoms with Gasteiger partial charge in [0.15, 0.2) is 0 Å². The van der Waals surface area contributed by atoms with Gasteiger partial charge in [-0.05, 0) is 49.6 Å². The Labute approximate surface area is 169 Å². The van der Waals surface area contributed by atoms with Gasteiger partial charge < -0.3 is 10.2 Å². The summed E-state index contributed by atoms with van der Waals surface area (Å²) < 4.78 is 0. The van der Waals surface area contributed by atoms with E-state index >= 15 is 0 Å². The molecule has 0 saturated heterocycles. The second kappa shape index (κ2) is 12.0. The van der Waals surface area contributed by atoms with Gasteiger partial charge in [0, 0.05) is 31.3 Å². The third-order valence-corrected chi connectivity index (χ3v) is 4.80. The lowest BCUT2D eigenvalue weighted by Crippen LogP contribution is -2.25. The van der Waals surface area contributed by atoms with Crippen molar-refractivity contribution in [2.75, 3.05) is 17.3 Å². The van der Waals surface area contributed by atoms with Crippen molar-refractivity contribution in [3.63, 3.8) is 0 Å². The minimum absolute atomic E-state index is 0.0614. The fourth-order valence-corrected chi connectivity index (χ4v) is 3.04. The maximum atomic E-state index is 12.2. The zero-order valence-electron chi connectivity index (χ0n) is 16.8. The van der Waals surface area contributed by atoms with Gasteiger partial charge in [0.05, 0.1) is 0 Å². The molecular weight excluding hydrogens is 348 g/mol. The molecule has 0 atom stereocenters. The number of benzene rings is 2. The Kier molecular flexibility index (Phi) is 9.26. The largest absolute Gasteiger partial charge is 0.326 e. The van der Waals surface area contributed by atoms with E-state index in [0.29, 0.717) is 12.8 Å². The lowest BCUT2D eigenvalue weighted by molar-refractivity contribution is -0.118. The van der Waals surface area contributed by atoms with Crippen LogP contribution in [0.5, 0.6) is 0 Å². The second-order valence-electron chi connectivity index (χ2n) is 7.15. The van der Waals surface area contributed by atoms with Gasteiger partial charge in [-0.25, -0.2) is 0 Å². The van der Waals surface area contributed by atoms with Gasteiger partial charge in [0.1, 0.15) is 0 Å². The minimum Gasteiger partial charge on any atom is -0.326 e. The molecule has 28 heavy (non-hydrogen) atoms. The van der Waals surface area contributed by atoms with E-state index in [1.165, 1.54) is 0 Å². The summed E-state index contributed by atoms with van der Waals surface area (Å²) in [5.41, 5.74) is 2.70. The van der Waals surface area contributed by atoms with Crippen molar-refractivity contribution in [3.8, 4) is 0 Å². The lowest BCUT2D eigenvalue weighted by atomic mass is 10.1. The Morgan fingerprint density at radius 1 is 0.821 bits per heavy atom. The van der Waals surface area contributed by atoms with Gasteiger partial charge in [0.2, 0.25) is 11.8 Å². The maximum absolute atomic E-state index is 12.2. The number of carbonyl (C=O) groups is 2. The number of anilines is 2. The number of unbranched alkanes of at least 4 members (excludes halogenated alkanes) is 5. The van der Waals surface area contributed by atoms with E-state index in [1.807, 2.05) is 61.6 Å². The molecule has 1 N–H and O–H groups in total. The van der Waals surface area contributed by atoms with Crippen LogP contribution in [0.25, 0.3) is 0 Å². The Hall–Kier alpha value is -2.62. The number of nitrogens with zero attached hydrogens (tertiary/aromatic N) is 1. The van der Waals surface area contributed by atoms with Gasteiger partial charge in [-0.2, -0.15) is 0 Å². The van der Waals surface area contributed by atoms with Crippen molar-refractivity contribution >= 4 is 23.2 Å². The van der Waals surface area contributed by atoms with Crippen molar-refractivity contribution in [2.24, 2.45) is 0 Å². The molecule has 2 rings (SSSR count). The van der Waals surface area contributed by atoms with Crippen LogP contribution in [0.1, 0.15) is 56.9 Å². The van der Waals surface area contributed by atoms with Crippen LogP contribution in [0.4, 0.5) is 11.4 Å².